The molecule has 0 atom stereocenters. The Kier molecular flexibility index (Phi) is 6.28. The van der Waals surface area contributed by atoms with E-state index in [0.717, 1.165) is 62.6 Å². The molecule has 2 amide bonds. The second-order valence-corrected chi connectivity index (χ2v) is 8.29. The van der Waals surface area contributed by atoms with E-state index in [1.54, 1.807) is 18.3 Å². The van der Waals surface area contributed by atoms with Crippen molar-refractivity contribution in [3.63, 3.8) is 0 Å². The van der Waals surface area contributed by atoms with Crippen molar-refractivity contribution in [3.8, 4) is 6.07 Å². The lowest BCUT2D eigenvalue weighted by atomic mass is 10.1. The molecule has 0 spiro atoms. The molecule has 0 aromatic carbocycles. The Morgan fingerprint density at radius 2 is 1.96 bits per heavy atom. The number of amides is 2. The number of quaternary nitrogens is 1. The molecule has 1 aliphatic heterocycles. The van der Waals surface area contributed by atoms with Gasteiger partial charge in [0, 0.05) is 11.8 Å². The minimum absolute atomic E-state index is 0.0144. The maximum atomic E-state index is 12.4. The molecule has 2 heterocycles. The van der Waals surface area contributed by atoms with Crippen LogP contribution in [0, 0.1) is 11.3 Å². The largest absolute Gasteiger partial charge is 0.332 e. The molecule has 6 nitrogen and oxygen atoms in total. The van der Waals surface area contributed by atoms with E-state index in [0.29, 0.717) is 12.0 Å². The smallest absolute Gasteiger partial charge is 0.230 e. The Morgan fingerprint density at radius 3 is 2.65 bits per heavy atom. The number of nitrogens with zero attached hydrogens (tertiary/aromatic N) is 2. The van der Waals surface area contributed by atoms with Crippen molar-refractivity contribution in [1.82, 2.24) is 4.90 Å². The van der Waals surface area contributed by atoms with Gasteiger partial charge in [0.15, 0.2) is 0 Å². The first kappa shape index (κ1) is 18.9. The van der Waals surface area contributed by atoms with Crippen LogP contribution in [0.3, 0.4) is 0 Å². The lowest BCUT2D eigenvalue weighted by molar-refractivity contribution is -0.903. The maximum Gasteiger partial charge on any atom is 0.230 e. The highest BCUT2D eigenvalue weighted by molar-refractivity contribution is 7.16. The summed E-state index contributed by atoms with van der Waals surface area (Å²) in [4.78, 5) is 28.3. The van der Waals surface area contributed by atoms with E-state index in [1.165, 1.54) is 22.6 Å². The lowest BCUT2D eigenvalue weighted by Gasteiger charge is -2.31. The third-order valence-corrected chi connectivity index (χ3v) is 6.61. The standard InChI is InChI=1S/C19H26N4O2S/c1-14(24)23-11-9-22(10-12-23)8-7-18(25)21-19-16(13-20)15-5-3-2-4-6-17(15)26-19/h2-12H2,1H3,(H,21,25)/p+1. The molecule has 140 valence electrons. The minimum atomic E-state index is -0.0144. The van der Waals surface area contributed by atoms with Gasteiger partial charge in [0.25, 0.3) is 0 Å². The molecule has 26 heavy (non-hydrogen) atoms. The van der Waals surface area contributed by atoms with E-state index in [-0.39, 0.29) is 11.8 Å². The molecule has 0 unspecified atom stereocenters. The summed E-state index contributed by atoms with van der Waals surface area (Å²) in [5.41, 5.74) is 1.85. The van der Waals surface area contributed by atoms with Crippen molar-refractivity contribution in [2.75, 3.05) is 38.0 Å². The van der Waals surface area contributed by atoms with E-state index in [2.05, 4.69) is 11.4 Å². The lowest BCUT2D eigenvalue weighted by Crippen LogP contribution is -3.15. The zero-order valence-electron chi connectivity index (χ0n) is 15.4. The van der Waals surface area contributed by atoms with Gasteiger partial charge in [-0.2, -0.15) is 5.26 Å². The van der Waals surface area contributed by atoms with Gasteiger partial charge in [0.2, 0.25) is 11.8 Å². The average molecular weight is 376 g/mol. The highest BCUT2D eigenvalue weighted by Gasteiger charge is 2.23. The van der Waals surface area contributed by atoms with E-state index in [1.807, 2.05) is 4.90 Å². The normalized spacial score (nSPS) is 17.9. The van der Waals surface area contributed by atoms with Gasteiger partial charge in [-0.15, -0.1) is 11.3 Å². The summed E-state index contributed by atoms with van der Waals surface area (Å²) >= 11 is 1.59. The van der Waals surface area contributed by atoms with Crippen LogP contribution >= 0.6 is 11.3 Å². The molecular formula is C19H27N4O2S+. The Bertz CT molecular complexity index is 714. The number of nitriles is 1. The number of nitrogens with one attached hydrogen (secondary N) is 2. The van der Waals surface area contributed by atoms with Gasteiger partial charge in [-0.05, 0) is 31.2 Å². The second kappa shape index (κ2) is 8.65. The zero-order chi connectivity index (χ0) is 18.5. The van der Waals surface area contributed by atoms with Crippen LogP contribution in [0.2, 0.25) is 0 Å². The molecule has 0 radical (unpaired) electrons. The summed E-state index contributed by atoms with van der Waals surface area (Å²) in [5.74, 6) is 0.114. The summed E-state index contributed by atoms with van der Waals surface area (Å²) in [5, 5.41) is 13.3. The van der Waals surface area contributed by atoms with Crippen LogP contribution in [0.1, 0.15) is 48.6 Å². The molecule has 0 bridgehead atoms. The predicted octanol–water partition coefficient (Wildman–Crippen LogP) is 0.964. The van der Waals surface area contributed by atoms with E-state index in [4.69, 9.17) is 0 Å². The minimum Gasteiger partial charge on any atom is -0.332 e. The fourth-order valence-electron chi connectivity index (χ4n) is 3.82. The first-order chi connectivity index (χ1) is 12.6. The number of rotatable bonds is 4. The molecule has 1 fully saturated rings. The Labute approximate surface area is 158 Å². The van der Waals surface area contributed by atoms with Gasteiger partial charge in [-0.1, -0.05) is 6.42 Å². The number of hydrogen-bond acceptors (Lipinski definition) is 4. The van der Waals surface area contributed by atoms with Gasteiger partial charge >= 0.3 is 0 Å². The SMILES string of the molecule is CC(=O)N1CC[NH+](CCC(=O)Nc2sc3c(c2C#N)CCCCC3)CC1. The summed E-state index contributed by atoms with van der Waals surface area (Å²) in [6.45, 7) is 5.69. The molecule has 2 aliphatic rings. The molecule has 0 saturated carbocycles. The summed E-state index contributed by atoms with van der Waals surface area (Å²) in [6, 6.07) is 2.31. The Balaban J connectivity index is 1.53. The topological polar surface area (TPSA) is 77.6 Å². The molecule has 1 aromatic rings. The number of carbonyl (C=O) groups is 2. The molecule has 2 N–H and O–H groups in total. The Morgan fingerprint density at radius 1 is 1.23 bits per heavy atom. The first-order valence-electron chi connectivity index (χ1n) is 9.52. The highest BCUT2D eigenvalue weighted by Crippen LogP contribution is 2.36. The van der Waals surface area contributed by atoms with Crippen LogP contribution in [0.5, 0.6) is 0 Å². The first-order valence-corrected chi connectivity index (χ1v) is 10.3. The maximum absolute atomic E-state index is 12.4. The van der Waals surface area contributed by atoms with Gasteiger partial charge in [0.1, 0.15) is 11.1 Å². The van der Waals surface area contributed by atoms with Crippen LogP contribution in [-0.2, 0) is 22.4 Å². The van der Waals surface area contributed by atoms with Gasteiger partial charge in [-0.25, -0.2) is 0 Å². The zero-order valence-corrected chi connectivity index (χ0v) is 16.2. The van der Waals surface area contributed by atoms with Crippen LogP contribution in [0.25, 0.3) is 0 Å². The third-order valence-electron chi connectivity index (χ3n) is 5.41. The number of thiophene rings is 1. The van der Waals surface area contributed by atoms with Crippen molar-refractivity contribution in [1.29, 1.82) is 5.26 Å². The number of anilines is 1. The van der Waals surface area contributed by atoms with Crippen molar-refractivity contribution in [3.05, 3.63) is 16.0 Å². The van der Waals surface area contributed by atoms with E-state index < -0.39 is 0 Å². The van der Waals surface area contributed by atoms with Crippen LogP contribution in [0.15, 0.2) is 0 Å². The molecular weight excluding hydrogens is 348 g/mol. The van der Waals surface area contributed by atoms with E-state index >= 15 is 0 Å². The molecule has 1 saturated heterocycles. The molecule has 1 aliphatic carbocycles. The average Bonchev–Trinajstić information content (AvgIpc) is 2.79. The monoisotopic (exact) mass is 375 g/mol. The quantitative estimate of drug-likeness (QED) is 0.770. The number of hydrogen-bond donors (Lipinski definition) is 2. The van der Waals surface area contributed by atoms with Crippen molar-refractivity contribution in [2.45, 2.75) is 45.4 Å². The van der Waals surface area contributed by atoms with E-state index in [9.17, 15) is 14.9 Å². The van der Waals surface area contributed by atoms with Crippen LogP contribution in [-0.4, -0.2) is 49.4 Å². The fourth-order valence-corrected chi connectivity index (χ4v) is 5.07. The number of fused-ring (bicyclic) bond motifs is 1. The summed E-state index contributed by atoms with van der Waals surface area (Å²) in [7, 11) is 0. The van der Waals surface area contributed by atoms with Crippen molar-refractivity contribution >= 4 is 28.2 Å². The van der Waals surface area contributed by atoms with Crippen molar-refractivity contribution in [2.24, 2.45) is 0 Å². The number of aryl methyl sites for hydroxylation is 1. The molecule has 1 aromatic heterocycles. The van der Waals surface area contributed by atoms with Crippen LogP contribution < -0.4 is 10.2 Å². The van der Waals surface area contributed by atoms with Gasteiger partial charge in [0.05, 0.1) is 44.7 Å². The summed E-state index contributed by atoms with van der Waals surface area (Å²) < 4.78 is 0. The van der Waals surface area contributed by atoms with Gasteiger partial charge < -0.3 is 15.1 Å². The van der Waals surface area contributed by atoms with Crippen molar-refractivity contribution < 1.29 is 14.5 Å². The fraction of sp³-hybridized carbons (Fsp3) is 0.632. The molecule has 7 heteroatoms. The Hall–Kier alpha value is -1.91. The predicted molar refractivity (Wildman–Crippen MR) is 101 cm³/mol. The third kappa shape index (κ3) is 4.43. The number of carbonyl (C=O) groups excluding carboxylic acids is 2. The highest BCUT2D eigenvalue weighted by atomic mass is 32.1. The van der Waals surface area contributed by atoms with Gasteiger partial charge in [-0.3, -0.25) is 9.59 Å². The van der Waals surface area contributed by atoms with Crippen LogP contribution in [0.4, 0.5) is 5.00 Å². The molecule has 3 rings (SSSR count). The number of piperazine rings is 1. The second-order valence-electron chi connectivity index (χ2n) is 7.18. The summed E-state index contributed by atoms with van der Waals surface area (Å²) in [6.07, 6.45) is 5.93.